The van der Waals surface area contributed by atoms with Gasteiger partial charge in [-0.25, -0.2) is 0 Å². The van der Waals surface area contributed by atoms with E-state index in [2.05, 4.69) is 24.0 Å². The zero-order valence-electron chi connectivity index (χ0n) is 12.9. The highest BCUT2D eigenvalue weighted by Crippen LogP contribution is 2.41. The molecule has 1 heterocycles. The van der Waals surface area contributed by atoms with Crippen LogP contribution in [0.5, 0.6) is 0 Å². The van der Waals surface area contributed by atoms with Gasteiger partial charge >= 0.3 is 0 Å². The Balaban J connectivity index is 2.21. The van der Waals surface area contributed by atoms with Gasteiger partial charge in [-0.05, 0) is 38.5 Å². The Kier molecular flexibility index (Phi) is 5.16. The van der Waals surface area contributed by atoms with E-state index in [4.69, 9.17) is 15.0 Å². The van der Waals surface area contributed by atoms with Crippen LogP contribution >= 0.6 is 0 Å². The normalized spacial score (nSPS) is 28.5. The van der Waals surface area contributed by atoms with Crippen molar-refractivity contribution in [3.63, 3.8) is 0 Å². The molecule has 2 N–H and O–H groups in total. The predicted octanol–water partition coefficient (Wildman–Crippen LogP) is 3.31. The van der Waals surface area contributed by atoms with Crippen LogP contribution in [0.4, 0.5) is 0 Å². The maximum atomic E-state index is 6.06. The Bertz CT molecular complexity index is 417. The first-order valence-electron chi connectivity index (χ1n) is 7.85. The lowest BCUT2D eigenvalue weighted by Crippen LogP contribution is -2.36. The van der Waals surface area contributed by atoms with Gasteiger partial charge in [0.15, 0.2) is 0 Å². The first-order valence-corrected chi connectivity index (χ1v) is 7.85. The lowest BCUT2D eigenvalue weighted by Gasteiger charge is -2.37. The molecule has 1 aliphatic carbocycles. The molecule has 3 atom stereocenters. The minimum Gasteiger partial charge on any atom is -0.367 e. The summed E-state index contributed by atoms with van der Waals surface area (Å²) in [5, 5.41) is 4.18. The van der Waals surface area contributed by atoms with Crippen LogP contribution in [-0.2, 0) is 10.3 Å². The zero-order chi connectivity index (χ0) is 14.6. The highest BCUT2D eigenvalue weighted by Gasteiger charge is 2.41. The average Bonchev–Trinajstić information content (AvgIpc) is 2.89. The Morgan fingerprint density at radius 2 is 2.30 bits per heavy atom. The van der Waals surface area contributed by atoms with E-state index in [1.54, 1.807) is 0 Å². The molecule has 0 spiro atoms. The Labute approximate surface area is 121 Å². The van der Waals surface area contributed by atoms with Gasteiger partial charge in [0.25, 0.3) is 0 Å². The lowest BCUT2D eigenvalue weighted by atomic mass is 9.78. The fourth-order valence-corrected chi connectivity index (χ4v) is 3.18. The van der Waals surface area contributed by atoms with Crippen molar-refractivity contribution in [1.29, 1.82) is 0 Å². The second kappa shape index (κ2) is 6.68. The summed E-state index contributed by atoms with van der Waals surface area (Å²) >= 11 is 0. The molecule has 1 aliphatic rings. The number of ether oxygens (including phenoxy) is 1. The number of rotatable bonds is 6. The standard InChI is InChI=1S/C15H27N3O2/c1-4-7-12(16)13-17-14(18-20-13)15(19-5-2)9-6-8-11(3)10-15/h11-12H,4-10,16H2,1-3H3/t11?,12-,15?/m1/s1. The fraction of sp³-hybridized carbons (Fsp3) is 0.867. The van der Waals surface area contributed by atoms with Crippen LogP contribution in [0, 0.1) is 5.92 Å². The molecule has 1 saturated carbocycles. The summed E-state index contributed by atoms with van der Waals surface area (Å²) in [4.78, 5) is 4.55. The number of nitrogens with zero attached hydrogens (tertiary/aromatic N) is 2. The van der Waals surface area contributed by atoms with Gasteiger partial charge < -0.3 is 15.0 Å². The summed E-state index contributed by atoms with van der Waals surface area (Å²) in [6, 6.07) is -0.166. The molecule has 1 aromatic rings. The van der Waals surface area contributed by atoms with Crippen molar-refractivity contribution in [2.45, 2.75) is 70.9 Å². The molecule has 0 saturated heterocycles. The van der Waals surface area contributed by atoms with Crippen molar-refractivity contribution in [1.82, 2.24) is 10.1 Å². The molecule has 0 amide bonds. The summed E-state index contributed by atoms with van der Waals surface area (Å²) in [6.45, 7) is 7.04. The van der Waals surface area contributed by atoms with Crippen molar-refractivity contribution < 1.29 is 9.26 Å². The van der Waals surface area contributed by atoms with Gasteiger partial charge in [0, 0.05) is 6.61 Å². The van der Waals surface area contributed by atoms with Crippen molar-refractivity contribution in [2.75, 3.05) is 6.61 Å². The number of nitrogens with two attached hydrogens (primary N) is 1. The molecular formula is C15H27N3O2. The van der Waals surface area contributed by atoms with Crippen LogP contribution in [0.1, 0.15) is 77.1 Å². The molecule has 114 valence electrons. The molecule has 5 nitrogen and oxygen atoms in total. The van der Waals surface area contributed by atoms with Crippen LogP contribution in [0.25, 0.3) is 0 Å². The van der Waals surface area contributed by atoms with Crippen molar-refractivity contribution in [2.24, 2.45) is 11.7 Å². The van der Waals surface area contributed by atoms with E-state index >= 15 is 0 Å². The van der Waals surface area contributed by atoms with E-state index in [1.807, 2.05) is 6.92 Å². The molecule has 0 radical (unpaired) electrons. The summed E-state index contributed by atoms with van der Waals surface area (Å²) in [5.41, 5.74) is 5.68. The van der Waals surface area contributed by atoms with E-state index in [0.29, 0.717) is 24.2 Å². The molecule has 2 rings (SSSR count). The first kappa shape index (κ1) is 15.4. The smallest absolute Gasteiger partial charge is 0.243 e. The van der Waals surface area contributed by atoms with Crippen LogP contribution in [0.3, 0.4) is 0 Å². The molecule has 20 heavy (non-hydrogen) atoms. The average molecular weight is 281 g/mol. The van der Waals surface area contributed by atoms with Crippen molar-refractivity contribution in [3.05, 3.63) is 11.7 Å². The molecule has 5 heteroatoms. The van der Waals surface area contributed by atoms with Gasteiger partial charge in [-0.3, -0.25) is 0 Å². The number of hydrogen-bond donors (Lipinski definition) is 1. The van der Waals surface area contributed by atoms with Gasteiger partial charge in [-0.1, -0.05) is 31.8 Å². The topological polar surface area (TPSA) is 74.2 Å². The summed E-state index contributed by atoms with van der Waals surface area (Å²) in [5.74, 6) is 1.85. The Morgan fingerprint density at radius 3 is 2.95 bits per heavy atom. The van der Waals surface area contributed by atoms with Gasteiger partial charge in [0.1, 0.15) is 5.60 Å². The Morgan fingerprint density at radius 1 is 1.50 bits per heavy atom. The highest BCUT2D eigenvalue weighted by molar-refractivity contribution is 5.05. The lowest BCUT2D eigenvalue weighted by molar-refractivity contribution is -0.0891. The fourth-order valence-electron chi connectivity index (χ4n) is 3.18. The zero-order valence-corrected chi connectivity index (χ0v) is 12.9. The summed E-state index contributed by atoms with van der Waals surface area (Å²) < 4.78 is 11.4. The van der Waals surface area contributed by atoms with Crippen LogP contribution in [0.2, 0.25) is 0 Å². The first-order chi connectivity index (χ1) is 9.61. The van der Waals surface area contributed by atoms with Gasteiger partial charge in [0.2, 0.25) is 11.7 Å². The van der Waals surface area contributed by atoms with E-state index in [-0.39, 0.29) is 11.6 Å². The molecular weight excluding hydrogens is 254 g/mol. The molecule has 0 aliphatic heterocycles. The Hall–Kier alpha value is -0.940. The minimum absolute atomic E-state index is 0.166. The summed E-state index contributed by atoms with van der Waals surface area (Å²) in [7, 11) is 0. The second-order valence-corrected chi connectivity index (χ2v) is 5.98. The molecule has 2 unspecified atom stereocenters. The quantitative estimate of drug-likeness (QED) is 0.865. The van der Waals surface area contributed by atoms with Crippen LogP contribution < -0.4 is 5.73 Å². The third-order valence-electron chi connectivity index (χ3n) is 4.14. The van der Waals surface area contributed by atoms with Crippen LogP contribution in [-0.4, -0.2) is 16.7 Å². The van der Waals surface area contributed by atoms with E-state index in [0.717, 1.165) is 32.1 Å². The maximum Gasteiger partial charge on any atom is 0.243 e. The van der Waals surface area contributed by atoms with Crippen molar-refractivity contribution >= 4 is 0 Å². The second-order valence-electron chi connectivity index (χ2n) is 5.98. The highest BCUT2D eigenvalue weighted by atomic mass is 16.5. The number of hydrogen-bond acceptors (Lipinski definition) is 5. The van der Waals surface area contributed by atoms with E-state index in [9.17, 15) is 0 Å². The third-order valence-corrected chi connectivity index (χ3v) is 4.14. The number of aromatic nitrogens is 2. The van der Waals surface area contributed by atoms with Crippen molar-refractivity contribution in [3.8, 4) is 0 Å². The SMILES string of the molecule is CCC[C@@H](N)c1nc(C2(OCC)CCCC(C)C2)no1. The maximum absolute atomic E-state index is 6.06. The van der Waals surface area contributed by atoms with Gasteiger partial charge in [0.05, 0.1) is 6.04 Å². The minimum atomic E-state index is -0.375. The van der Waals surface area contributed by atoms with E-state index < -0.39 is 0 Å². The van der Waals surface area contributed by atoms with Gasteiger partial charge in [-0.15, -0.1) is 0 Å². The monoisotopic (exact) mass is 281 g/mol. The molecule has 1 fully saturated rings. The van der Waals surface area contributed by atoms with Crippen LogP contribution in [0.15, 0.2) is 4.52 Å². The van der Waals surface area contributed by atoms with Gasteiger partial charge in [-0.2, -0.15) is 4.98 Å². The molecule has 0 aromatic carbocycles. The molecule has 0 bridgehead atoms. The predicted molar refractivity (Wildman–Crippen MR) is 77.1 cm³/mol. The molecule has 1 aromatic heterocycles. The van der Waals surface area contributed by atoms with E-state index in [1.165, 1.54) is 6.42 Å². The largest absolute Gasteiger partial charge is 0.367 e. The third kappa shape index (κ3) is 3.20. The summed E-state index contributed by atoms with van der Waals surface area (Å²) in [6.07, 6.45) is 6.18.